The van der Waals surface area contributed by atoms with Gasteiger partial charge in [-0.1, -0.05) is 25.1 Å². The smallest absolute Gasteiger partial charge is 0.412 e. The van der Waals surface area contributed by atoms with Gasteiger partial charge in [-0.3, -0.25) is 10.1 Å². The van der Waals surface area contributed by atoms with Gasteiger partial charge in [-0.15, -0.1) is 11.3 Å². The highest BCUT2D eigenvalue weighted by molar-refractivity contribution is 7.92. The second kappa shape index (κ2) is 12.0. The number of hydrogen-bond donors (Lipinski definition) is 3. The van der Waals surface area contributed by atoms with Crippen molar-refractivity contribution in [2.75, 3.05) is 23.4 Å². The molecule has 2 aromatic carbocycles. The first-order valence-corrected chi connectivity index (χ1v) is 16.3. The Morgan fingerprint density at radius 2 is 1.67 bits per heavy atom. The number of nitrogens with one attached hydrogen (secondary N) is 2. The number of carbonyl (C=O) groups excluding carboxylic acids is 2. The van der Waals surface area contributed by atoms with E-state index >= 15 is 0 Å². The average Bonchev–Trinajstić information content (AvgIpc) is 3.19. The second-order valence-corrected chi connectivity index (χ2v) is 14.8. The molecular formula is C25H32N4O7S3. The van der Waals surface area contributed by atoms with Crippen LogP contribution in [0.25, 0.3) is 21.3 Å². The molecule has 0 radical (unpaired) electrons. The number of sulfone groups is 1. The van der Waals surface area contributed by atoms with Gasteiger partial charge in [0.2, 0.25) is 15.9 Å². The zero-order chi connectivity index (χ0) is 29.0. The first-order valence-electron chi connectivity index (χ1n) is 12.1. The Bertz CT molecular complexity index is 1560. The van der Waals surface area contributed by atoms with E-state index in [1.807, 2.05) is 24.3 Å². The van der Waals surface area contributed by atoms with E-state index in [0.717, 1.165) is 22.5 Å². The molecule has 0 spiro atoms. The lowest BCUT2D eigenvalue weighted by Gasteiger charge is -2.19. The van der Waals surface area contributed by atoms with E-state index in [1.165, 1.54) is 0 Å². The first-order chi connectivity index (χ1) is 18.1. The van der Waals surface area contributed by atoms with Crippen LogP contribution in [0.15, 0.2) is 42.5 Å². The summed E-state index contributed by atoms with van der Waals surface area (Å²) < 4.78 is 54.4. The zero-order valence-corrected chi connectivity index (χ0v) is 24.5. The van der Waals surface area contributed by atoms with E-state index < -0.39 is 48.5 Å². The fourth-order valence-corrected chi connectivity index (χ4v) is 7.17. The van der Waals surface area contributed by atoms with Gasteiger partial charge >= 0.3 is 6.09 Å². The van der Waals surface area contributed by atoms with Crippen LogP contribution in [-0.2, 0) is 29.4 Å². The number of nitrogens with two attached hydrogens (primary N) is 1. The summed E-state index contributed by atoms with van der Waals surface area (Å²) in [5.74, 6) is -1.60. The van der Waals surface area contributed by atoms with Gasteiger partial charge in [0, 0.05) is 12.2 Å². The number of hydrogen-bond acceptors (Lipinski definition) is 9. The van der Waals surface area contributed by atoms with Crippen LogP contribution in [0.1, 0.15) is 44.4 Å². The number of carbonyl (C=O) groups is 2. The number of thiazole rings is 1. The quantitative estimate of drug-likeness (QED) is 0.318. The molecule has 3 rings (SSSR count). The largest absolute Gasteiger partial charge is 0.444 e. The van der Waals surface area contributed by atoms with Crippen LogP contribution in [0, 0.1) is 0 Å². The molecule has 3 aromatic rings. The summed E-state index contributed by atoms with van der Waals surface area (Å²) >= 11 is 1.08. The third-order valence-corrected chi connectivity index (χ3v) is 9.40. The fourth-order valence-electron chi connectivity index (χ4n) is 3.64. The highest BCUT2D eigenvalue weighted by atomic mass is 32.2. The van der Waals surface area contributed by atoms with E-state index in [9.17, 15) is 26.4 Å². The lowest BCUT2D eigenvalue weighted by Crippen LogP contribution is -2.38. The first kappa shape index (κ1) is 30.5. The summed E-state index contributed by atoms with van der Waals surface area (Å²) in [6.45, 7) is 6.70. The minimum absolute atomic E-state index is 0.0978. The molecule has 0 aliphatic rings. The molecule has 2 amide bonds. The Labute approximate surface area is 232 Å². The number of sulfonamides is 1. The van der Waals surface area contributed by atoms with Gasteiger partial charge in [-0.25, -0.2) is 31.8 Å². The number of benzene rings is 2. The SMILES string of the molecule is CCCS(=O)(=O)C(C(=O)NCCS(N)(=O)=O)c1nc2ccc(-c3ccc(NC(=O)OC(C)(C)C)cc3)cc2s1. The lowest BCUT2D eigenvalue weighted by molar-refractivity contribution is -0.120. The van der Waals surface area contributed by atoms with E-state index in [4.69, 9.17) is 9.88 Å². The van der Waals surface area contributed by atoms with E-state index in [0.29, 0.717) is 22.3 Å². The number of rotatable bonds is 10. The van der Waals surface area contributed by atoms with Crippen LogP contribution >= 0.6 is 11.3 Å². The minimum atomic E-state index is -3.92. The molecule has 1 unspecified atom stereocenters. The maximum atomic E-state index is 13.0. The maximum absolute atomic E-state index is 13.0. The summed E-state index contributed by atoms with van der Waals surface area (Å²) in [5.41, 5.74) is 2.14. The number of amides is 2. The molecule has 0 aliphatic heterocycles. The number of aromatic nitrogens is 1. The number of primary sulfonamides is 1. The topological polar surface area (TPSA) is 175 Å². The zero-order valence-electron chi connectivity index (χ0n) is 22.1. The van der Waals surface area contributed by atoms with Crippen LogP contribution in [-0.4, -0.2) is 57.5 Å². The van der Waals surface area contributed by atoms with Gasteiger partial charge in [0.15, 0.2) is 15.1 Å². The van der Waals surface area contributed by atoms with Crippen molar-refractivity contribution in [3.8, 4) is 11.1 Å². The van der Waals surface area contributed by atoms with Crippen LogP contribution in [0.5, 0.6) is 0 Å². The number of anilines is 1. The molecule has 1 aromatic heterocycles. The molecule has 0 bridgehead atoms. The number of nitrogens with zero attached hydrogens (tertiary/aromatic N) is 1. The lowest BCUT2D eigenvalue weighted by atomic mass is 10.1. The Kier molecular flexibility index (Phi) is 9.36. The predicted molar refractivity (Wildman–Crippen MR) is 153 cm³/mol. The maximum Gasteiger partial charge on any atom is 0.412 e. The van der Waals surface area contributed by atoms with Crippen molar-refractivity contribution >= 4 is 59.1 Å². The fraction of sp³-hybridized carbons (Fsp3) is 0.400. The molecule has 11 nitrogen and oxygen atoms in total. The Morgan fingerprint density at radius 3 is 2.26 bits per heavy atom. The third-order valence-electron chi connectivity index (χ3n) is 5.26. The summed E-state index contributed by atoms with van der Waals surface area (Å²) in [5, 5.41) is 8.54. The van der Waals surface area contributed by atoms with Gasteiger partial charge in [-0.2, -0.15) is 0 Å². The minimum Gasteiger partial charge on any atom is -0.444 e. The summed E-state index contributed by atoms with van der Waals surface area (Å²) in [4.78, 5) is 29.3. The third kappa shape index (κ3) is 8.71. The van der Waals surface area contributed by atoms with Gasteiger partial charge in [-0.05, 0) is 62.6 Å². The Morgan fingerprint density at radius 1 is 1.03 bits per heavy atom. The monoisotopic (exact) mass is 596 g/mol. The summed E-state index contributed by atoms with van der Waals surface area (Å²) in [6, 6.07) is 12.5. The second-order valence-electron chi connectivity index (χ2n) is 9.84. The van der Waals surface area contributed by atoms with Crippen molar-refractivity contribution in [3.05, 3.63) is 47.5 Å². The van der Waals surface area contributed by atoms with Crippen LogP contribution in [0.4, 0.5) is 10.5 Å². The number of ether oxygens (including phenoxy) is 1. The van der Waals surface area contributed by atoms with Crippen molar-refractivity contribution in [1.29, 1.82) is 0 Å². The van der Waals surface area contributed by atoms with Crippen molar-refractivity contribution in [2.45, 2.75) is 45.0 Å². The van der Waals surface area contributed by atoms with E-state index in [1.54, 1.807) is 45.9 Å². The molecule has 0 saturated carbocycles. The molecule has 0 saturated heterocycles. The standard InChI is InChI=1S/C25H32N4O7S3/c1-5-13-38(32,33)21(22(30)27-12-14-39(26,34)35)23-29-19-11-8-17(15-20(19)37-23)16-6-9-18(10-7-16)28-24(31)36-25(2,3)4/h6-11,15,21H,5,12-14H2,1-4H3,(H,27,30)(H,28,31)(H2,26,34,35). The molecule has 14 heteroatoms. The highest BCUT2D eigenvalue weighted by Crippen LogP contribution is 2.34. The van der Waals surface area contributed by atoms with Crippen molar-refractivity contribution in [1.82, 2.24) is 10.3 Å². The molecule has 0 fully saturated rings. The average molecular weight is 597 g/mol. The van der Waals surface area contributed by atoms with E-state index in [-0.39, 0.29) is 17.3 Å². The Balaban J connectivity index is 1.86. The van der Waals surface area contributed by atoms with Gasteiger partial charge in [0.05, 0.1) is 21.7 Å². The highest BCUT2D eigenvalue weighted by Gasteiger charge is 2.36. The van der Waals surface area contributed by atoms with Gasteiger partial charge in [0.25, 0.3) is 0 Å². The molecule has 1 heterocycles. The van der Waals surface area contributed by atoms with Crippen LogP contribution < -0.4 is 15.8 Å². The predicted octanol–water partition coefficient (Wildman–Crippen LogP) is 3.58. The molecule has 39 heavy (non-hydrogen) atoms. The normalized spacial score (nSPS) is 13.2. The van der Waals surface area contributed by atoms with E-state index in [2.05, 4.69) is 15.6 Å². The van der Waals surface area contributed by atoms with Crippen LogP contribution in [0.2, 0.25) is 0 Å². The molecular weight excluding hydrogens is 564 g/mol. The van der Waals surface area contributed by atoms with Gasteiger partial charge in [0.1, 0.15) is 10.6 Å². The van der Waals surface area contributed by atoms with Gasteiger partial charge < -0.3 is 10.1 Å². The molecule has 212 valence electrons. The Hall–Kier alpha value is -3.07. The van der Waals surface area contributed by atoms with Crippen molar-refractivity contribution in [2.24, 2.45) is 5.14 Å². The summed E-state index contributed by atoms with van der Waals surface area (Å²) in [6.07, 6.45) is -0.257. The molecule has 0 aliphatic carbocycles. The van der Waals surface area contributed by atoms with Crippen molar-refractivity contribution in [3.63, 3.8) is 0 Å². The molecule has 4 N–H and O–H groups in total. The number of fused-ring (bicyclic) bond motifs is 1. The van der Waals surface area contributed by atoms with Crippen molar-refractivity contribution < 1.29 is 31.2 Å². The summed E-state index contributed by atoms with van der Waals surface area (Å²) in [7, 11) is -7.74. The molecule has 1 atom stereocenters. The van der Waals surface area contributed by atoms with Crippen LogP contribution in [0.3, 0.4) is 0 Å².